The molecule has 174 valence electrons. The second kappa shape index (κ2) is 7.77. The molecule has 0 aliphatic carbocycles. The van der Waals surface area contributed by atoms with Gasteiger partial charge in [-0.2, -0.15) is 0 Å². The summed E-state index contributed by atoms with van der Waals surface area (Å²) < 4.78 is 41.2. The Hall–Kier alpha value is -3.51. The van der Waals surface area contributed by atoms with Crippen LogP contribution in [0, 0.1) is 11.6 Å². The van der Waals surface area contributed by atoms with E-state index in [1.807, 2.05) is 19.1 Å². The number of nitrogens with one attached hydrogen (secondary N) is 1. The first-order chi connectivity index (χ1) is 16.1. The van der Waals surface area contributed by atoms with E-state index in [1.165, 1.54) is 25.3 Å². The molecular formula is C27H22ClF2NO3. The van der Waals surface area contributed by atoms with Crippen LogP contribution in [0.5, 0.6) is 17.2 Å². The van der Waals surface area contributed by atoms with Crippen LogP contribution in [-0.4, -0.2) is 17.8 Å². The second-order valence-electron chi connectivity index (χ2n) is 8.94. The van der Waals surface area contributed by atoms with Crippen molar-refractivity contribution in [3.8, 4) is 28.4 Å². The molecule has 0 saturated carbocycles. The number of allylic oxidation sites excluding steroid dienone is 1. The van der Waals surface area contributed by atoms with E-state index in [-0.39, 0.29) is 33.4 Å². The molecule has 5 rings (SSSR count). The van der Waals surface area contributed by atoms with Crippen LogP contribution in [0.25, 0.3) is 28.5 Å². The highest BCUT2D eigenvalue weighted by Gasteiger charge is 2.33. The molecule has 3 aromatic carbocycles. The first-order valence-electron chi connectivity index (χ1n) is 10.7. The molecule has 0 unspecified atom stereocenters. The van der Waals surface area contributed by atoms with Crippen molar-refractivity contribution in [3.63, 3.8) is 0 Å². The average molecular weight is 482 g/mol. The second-order valence-corrected chi connectivity index (χ2v) is 9.35. The first kappa shape index (κ1) is 22.3. The molecule has 2 heterocycles. The monoisotopic (exact) mass is 481 g/mol. The number of methoxy groups -OCH3 is 1. The zero-order valence-electron chi connectivity index (χ0n) is 19.0. The minimum Gasteiger partial charge on any atom is -0.504 e. The van der Waals surface area contributed by atoms with Gasteiger partial charge < -0.3 is 19.9 Å². The Bertz CT molecular complexity index is 1430. The van der Waals surface area contributed by atoms with Gasteiger partial charge in [-0.05, 0) is 62.8 Å². The van der Waals surface area contributed by atoms with E-state index < -0.39 is 11.6 Å². The van der Waals surface area contributed by atoms with Gasteiger partial charge in [0, 0.05) is 22.4 Å². The number of phenols is 1. The molecule has 2 aliphatic rings. The molecule has 4 nitrogen and oxygen atoms in total. The zero-order chi connectivity index (χ0) is 24.4. The van der Waals surface area contributed by atoms with E-state index >= 15 is 0 Å². The molecule has 2 aliphatic heterocycles. The summed E-state index contributed by atoms with van der Waals surface area (Å²) in [5.41, 5.74) is 3.96. The summed E-state index contributed by atoms with van der Waals surface area (Å²) in [5, 5.41) is 13.7. The fraction of sp³-hybridized carbons (Fsp3) is 0.185. The predicted molar refractivity (Wildman–Crippen MR) is 131 cm³/mol. The first-order valence-corrected chi connectivity index (χ1v) is 11.1. The van der Waals surface area contributed by atoms with Crippen molar-refractivity contribution < 1.29 is 23.4 Å². The molecule has 0 bridgehead atoms. The third-order valence-electron chi connectivity index (χ3n) is 6.03. The lowest BCUT2D eigenvalue weighted by Gasteiger charge is -2.35. The van der Waals surface area contributed by atoms with Gasteiger partial charge in [-0.3, -0.25) is 0 Å². The van der Waals surface area contributed by atoms with Crippen molar-refractivity contribution in [2.45, 2.75) is 26.3 Å². The van der Waals surface area contributed by atoms with Gasteiger partial charge in [-0.15, -0.1) is 0 Å². The topological polar surface area (TPSA) is 50.7 Å². The largest absolute Gasteiger partial charge is 0.504 e. The van der Waals surface area contributed by atoms with Gasteiger partial charge in [-0.1, -0.05) is 23.7 Å². The average Bonchev–Trinajstić information content (AvgIpc) is 2.78. The van der Waals surface area contributed by atoms with Gasteiger partial charge in [0.05, 0.1) is 28.8 Å². The molecule has 0 saturated heterocycles. The van der Waals surface area contributed by atoms with Crippen LogP contribution in [0.4, 0.5) is 14.5 Å². The quantitative estimate of drug-likeness (QED) is 0.372. The Morgan fingerprint density at radius 2 is 1.82 bits per heavy atom. The van der Waals surface area contributed by atoms with Crippen molar-refractivity contribution in [2.75, 3.05) is 12.4 Å². The van der Waals surface area contributed by atoms with E-state index in [0.717, 1.165) is 22.9 Å². The van der Waals surface area contributed by atoms with E-state index in [0.29, 0.717) is 22.4 Å². The summed E-state index contributed by atoms with van der Waals surface area (Å²) in [4.78, 5) is 0. The summed E-state index contributed by atoms with van der Waals surface area (Å²) in [5.74, 6) is -0.777. The van der Waals surface area contributed by atoms with Crippen LogP contribution in [0.15, 0.2) is 42.5 Å². The molecule has 0 radical (unpaired) electrons. The van der Waals surface area contributed by atoms with Crippen molar-refractivity contribution in [2.24, 2.45) is 0 Å². The summed E-state index contributed by atoms with van der Waals surface area (Å²) in [7, 11) is 1.46. The Kier molecular flexibility index (Phi) is 5.10. The number of phenolic OH excluding ortho intramolecular Hbond substituents is 1. The Morgan fingerprint density at radius 1 is 1.06 bits per heavy atom. The number of rotatable bonds is 2. The van der Waals surface area contributed by atoms with Gasteiger partial charge >= 0.3 is 0 Å². The predicted octanol–water partition coefficient (Wildman–Crippen LogP) is 7.50. The lowest BCUT2D eigenvalue weighted by molar-refractivity contribution is 0.371. The van der Waals surface area contributed by atoms with Crippen molar-refractivity contribution in [3.05, 3.63) is 75.8 Å². The van der Waals surface area contributed by atoms with Gasteiger partial charge in [0.25, 0.3) is 0 Å². The van der Waals surface area contributed by atoms with Gasteiger partial charge in [0.2, 0.25) is 0 Å². The van der Waals surface area contributed by atoms with Gasteiger partial charge in [0.15, 0.2) is 17.3 Å². The summed E-state index contributed by atoms with van der Waals surface area (Å²) >= 11 is 5.94. The SMILES string of the molecule is COc1c(O)ccc2c1-c1ccc3c(c1/C(=C/c1c(F)ccc(Cl)c1F)O2)C(C)=CC(C)(C)N3. The van der Waals surface area contributed by atoms with Gasteiger partial charge in [0.1, 0.15) is 17.3 Å². The number of anilines is 1. The zero-order valence-corrected chi connectivity index (χ0v) is 19.8. The Labute approximate surface area is 201 Å². The fourth-order valence-corrected chi connectivity index (χ4v) is 4.92. The molecule has 0 spiro atoms. The summed E-state index contributed by atoms with van der Waals surface area (Å²) in [6.45, 7) is 6.09. The van der Waals surface area contributed by atoms with Crippen LogP contribution >= 0.6 is 11.6 Å². The standard InChI is InChI=1S/C27H22ClF2NO3/c1-13-12-27(2,3)31-18-8-5-14-23(22(13)18)21(11-15-17(29)7-6-16(28)25(15)30)34-20-10-9-19(32)26(33-4)24(14)20/h5-12,31-32H,1-4H3/b21-11-. The molecule has 34 heavy (non-hydrogen) atoms. The number of hydrogen-bond donors (Lipinski definition) is 2. The Morgan fingerprint density at radius 3 is 2.56 bits per heavy atom. The lowest BCUT2D eigenvalue weighted by atomic mass is 9.82. The van der Waals surface area contributed by atoms with E-state index in [9.17, 15) is 13.9 Å². The molecule has 0 fully saturated rings. The molecule has 0 aromatic heterocycles. The maximum atomic E-state index is 14.8. The molecule has 7 heteroatoms. The van der Waals surface area contributed by atoms with E-state index in [2.05, 4.69) is 25.2 Å². The maximum absolute atomic E-state index is 14.8. The van der Waals surface area contributed by atoms with Crippen molar-refractivity contribution in [1.82, 2.24) is 0 Å². The third kappa shape index (κ3) is 3.41. The van der Waals surface area contributed by atoms with Crippen LogP contribution in [0.2, 0.25) is 5.02 Å². The summed E-state index contributed by atoms with van der Waals surface area (Å²) in [6, 6.07) is 9.17. The third-order valence-corrected chi connectivity index (χ3v) is 6.32. The van der Waals surface area contributed by atoms with Crippen LogP contribution < -0.4 is 14.8 Å². The highest BCUT2D eigenvalue weighted by atomic mass is 35.5. The molecular weight excluding hydrogens is 460 g/mol. The molecule has 3 aromatic rings. The van der Waals surface area contributed by atoms with Crippen LogP contribution in [0.1, 0.15) is 37.5 Å². The minimum absolute atomic E-state index is 0.0422. The van der Waals surface area contributed by atoms with Crippen molar-refractivity contribution >= 4 is 34.7 Å². The number of hydrogen-bond acceptors (Lipinski definition) is 4. The van der Waals surface area contributed by atoms with Crippen LogP contribution in [-0.2, 0) is 0 Å². The highest BCUT2D eigenvalue weighted by Crippen LogP contribution is 2.54. The van der Waals surface area contributed by atoms with Crippen LogP contribution in [0.3, 0.4) is 0 Å². The number of fused-ring (bicyclic) bond motifs is 5. The number of benzene rings is 3. The number of halogens is 3. The summed E-state index contributed by atoms with van der Waals surface area (Å²) in [6.07, 6.45) is 3.41. The fourth-order valence-electron chi connectivity index (χ4n) is 4.75. The molecule has 0 atom stereocenters. The lowest BCUT2D eigenvalue weighted by Crippen LogP contribution is -2.32. The maximum Gasteiger partial charge on any atom is 0.172 e. The number of aromatic hydroxyl groups is 1. The smallest absolute Gasteiger partial charge is 0.172 e. The normalized spacial score (nSPS) is 16.6. The van der Waals surface area contributed by atoms with E-state index in [1.54, 1.807) is 6.07 Å². The molecule has 2 N–H and O–H groups in total. The Balaban J connectivity index is 1.87. The minimum atomic E-state index is -0.871. The van der Waals surface area contributed by atoms with E-state index in [4.69, 9.17) is 21.1 Å². The van der Waals surface area contributed by atoms with Crippen molar-refractivity contribution in [1.29, 1.82) is 0 Å². The number of ether oxygens (including phenoxy) is 2. The van der Waals surface area contributed by atoms with Gasteiger partial charge in [-0.25, -0.2) is 8.78 Å². The highest BCUT2D eigenvalue weighted by molar-refractivity contribution is 6.30. The molecule has 0 amide bonds.